The first-order chi connectivity index (χ1) is 8.35. The molecule has 17 heavy (non-hydrogen) atoms. The zero-order valence-corrected chi connectivity index (χ0v) is 9.76. The van der Waals surface area contributed by atoms with Crippen LogP contribution in [-0.2, 0) is 0 Å². The van der Waals surface area contributed by atoms with E-state index in [9.17, 15) is 0 Å². The van der Waals surface area contributed by atoms with Gasteiger partial charge in [-0.2, -0.15) is 10.4 Å². The van der Waals surface area contributed by atoms with Gasteiger partial charge < -0.3 is 11.1 Å². The molecule has 1 unspecified atom stereocenters. The lowest BCUT2D eigenvalue weighted by atomic mass is 9.98. The maximum atomic E-state index is 8.98. The molecule has 1 atom stereocenters. The lowest BCUT2D eigenvalue weighted by Gasteiger charge is -2.23. The van der Waals surface area contributed by atoms with Crippen LogP contribution in [-0.4, -0.2) is 22.8 Å². The molecule has 0 bridgehead atoms. The number of anilines is 1. The van der Waals surface area contributed by atoms with E-state index >= 15 is 0 Å². The Hall–Kier alpha value is -1.67. The average Bonchev–Trinajstić information content (AvgIpc) is 2.90. The smallest absolute Gasteiger partial charge is 0.166 e. The van der Waals surface area contributed by atoms with Gasteiger partial charge in [0.05, 0.1) is 11.8 Å². The van der Waals surface area contributed by atoms with Crippen molar-refractivity contribution in [1.82, 2.24) is 10.2 Å². The van der Waals surface area contributed by atoms with E-state index in [0.29, 0.717) is 23.8 Å². The van der Waals surface area contributed by atoms with Crippen LogP contribution in [0.4, 0.5) is 5.82 Å². The first-order valence-corrected chi connectivity index (χ1v) is 6.03. The fourth-order valence-electron chi connectivity index (χ4n) is 2.43. The number of hydrogen-bond acceptors (Lipinski definition) is 5. The van der Waals surface area contributed by atoms with Crippen LogP contribution in [0.5, 0.6) is 0 Å². The number of nitrogens with one attached hydrogen (secondary N) is 1. The monoisotopic (exact) mass is 231 g/mol. The van der Waals surface area contributed by atoms with Crippen molar-refractivity contribution in [3.63, 3.8) is 0 Å². The van der Waals surface area contributed by atoms with Gasteiger partial charge in [-0.15, -0.1) is 5.10 Å². The van der Waals surface area contributed by atoms with Crippen LogP contribution >= 0.6 is 0 Å². The molecule has 0 spiro atoms. The minimum atomic E-state index is 0.196. The molecule has 2 rings (SSSR count). The van der Waals surface area contributed by atoms with Crippen molar-refractivity contribution in [2.24, 2.45) is 11.7 Å². The standard InChI is InChI=1S/C12H17N5/c13-7-10-5-6-15-17-12(10)16-11(8-14)9-3-1-2-4-9/h5-6,9,11H,1-4,8,14H2,(H,16,17). The summed E-state index contributed by atoms with van der Waals surface area (Å²) in [5.74, 6) is 1.14. The van der Waals surface area contributed by atoms with Crippen LogP contribution in [0, 0.1) is 17.2 Å². The number of hydrogen-bond donors (Lipinski definition) is 2. The maximum Gasteiger partial charge on any atom is 0.166 e. The largest absolute Gasteiger partial charge is 0.363 e. The minimum absolute atomic E-state index is 0.196. The fourth-order valence-corrected chi connectivity index (χ4v) is 2.43. The number of nitriles is 1. The van der Waals surface area contributed by atoms with E-state index in [4.69, 9.17) is 11.0 Å². The van der Waals surface area contributed by atoms with E-state index in [0.717, 1.165) is 0 Å². The summed E-state index contributed by atoms with van der Waals surface area (Å²) in [5.41, 5.74) is 6.32. The molecule has 5 heteroatoms. The molecule has 3 N–H and O–H groups in total. The Labute approximate surface area is 101 Å². The third-order valence-electron chi connectivity index (χ3n) is 3.39. The van der Waals surface area contributed by atoms with Gasteiger partial charge in [0.15, 0.2) is 5.82 Å². The molecule has 90 valence electrons. The van der Waals surface area contributed by atoms with Gasteiger partial charge in [-0.3, -0.25) is 0 Å². The second-order valence-electron chi connectivity index (χ2n) is 4.44. The molecule has 0 aromatic carbocycles. The lowest BCUT2D eigenvalue weighted by molar-refractivity contribution is 0.461. The molecule has 1 aromatic rings. The summed E-state index contributed by atoms with van der Waals surface area (Å²) in [6.07, 6.45) is 6.48. The van der Waals surface area contributed by atoms with Crippen LogP contribution in [0.2, 0.25) is 0 Å². The Morgan fingerprint density at radius 3 is 2.94 bits per heavy atom. The van der Waals surface area contributed by atoms with E-state index in [1.54, 1.807) is 6.07 Å². The predicted octanol–water partition coefficient (Wildman–Crippen LogP) is 1.28. The number of aromatic nitrogens is 2. The molecule has 0 saturated heterocycles. The number of nitrogens with zero attached hydrogens (tertiary/aromatic N) is 3. The van der Waals surface area contributed by atoms with Gasteiger partial charge in [-0.25, -0.2) is 0 Å². The molecule has 0 radical (unpaired) electrons. The van der Waals surface area contributed by atoms with Crippen LogP contribution in [0.1, 0.15) is 31.2 Å². The summed E-state index contributed by atoms with van der Waals surface area (Å²) in [7, 11) is 0. The number of nitrogens with two attached hydrogens (primary N) is 1. The highest BCUT2D eigenvalue weighted by molar-refractivity contribution is 5.50. The second kappa shape index (κ2) is 5.60. The van der Waals surface area contributed by atoms with Crippen molar-refractivity contribution in [3.05, 3.63) is 17.8 Å². The van der Waals surface area contributed by atoms with E-state index in [1.807, 2.05) is 0 Å². The van der Waals surface area contributed by atoms with E-state index in [2.05, 4.69) is 21.6 Å². The third kappa shape index (κ3) is 2.71. The minimum Gasteiger partial charge on any atom is -0.363 e. The van der Waals surface area contributed by atoms with Crippen LogP contribution in [0.3, 0.4) is 0 Å². The zero-order valence-electron chi connectivity index (χ0n) is 9.76. The van der Waals surface area contributed by atoms with E-state index in [-0.39, 0.29) is 6.04 Å². The highest BCUT2D eigenvalue weighted by atomic mass is 15.2. The summed E-state index contributed by atoms with van der Waals surface area (Å²) in [6, 6.07) is 3.97. The van der Waals surface area contributed by atoms with Crippen molar-refractivity contribution < 1.29 is 0 Å². The van der Waals surface area contributed by atoms with E-state index < -0.39 is 0 Å². The molecule has 0 amide bonds. The summed E-state index contributed by atoms with van der Waals surface area (Å²) < 4.78 is 0. The topological polar surface area (TPSA) is 87.6 Å². The zero-order chi connectivity index (χ0) is 12.1. The second-order valence-corrected chi connectivity index (χ2v) is 4.44. The van der Waals surface area contributed by atoms with Gasteiger partial charge in [-0.05, 0) is 24.8 Å². The first-order valence-electron chi connectivity index (χ1n) is 6.03. The molecule has 0 aliphatic heterocycles. The van der Waals surface area contributed by atoms with Gasteiger partial charge in [0.1, 0.15) is 6.07 Å². The first kappa shape index (κ1) is 11.8. The van der Waals surface area contributed by atoms with Crippen molar-refractivity contribution >= 4 is 5.82 Å². The van der Waals surface area contributed by atoms with Crippen molar-refractivity contribution in [2.45, 2.75) is 31.7 Å². The van der Waals surface area contributed by atoms with Gasteiger partial charge in [0.2, 0.25) is 0 Å². The summed E-state index contributed by atoms with van der Waals surface area (Å²) in [5, 5.41) is 20.0. The molecule has 1 fully saturated rings. The van der Waals surface area contributed by atoms with Crippen molar-refractivity contribution in [1.29, 1.82) is 5.26 Å². The normalized spacial score (nSPS) is 17.6. The summed E-state index contributed by atoms with van der Waals surface area (Å²) in [4.78, 5) is 0. The Bertz CT molecular complexity index is 406. The SMILES string of the molecule is N#Cc1ccnnc1NC(CN)C1CCCC1. The fraction of sp³-hybridized carbons (Fsp3) is 0.583. The van der Waals surface area contributed by atoms with E-state index in [1.165, 1.54) is 31.9 Å². The molecular formula is C12H17N5. The Morgan fingerprint density at radius 1 is 1.53 bits per heavy atom. The molecule has 1 heterocycles. The Kier molecular flexibility index (Phi) is 3.89. The Morgan fingerprint density at radius 2 is 2.29 bits per heavy atom. The quantitative estimate of drug-likeness (QED) is 0.815. The highest BCUT2D eigenvalue weighted by Gasteiger charge is 2.24. The highest BCUT2D eigenvalue weighted by Crippen LogP contribution is 2.29. The predicted molar refractivity (Wildman–Crippen MR) is 65.2 cm³/mol. The van der Waals surface area contributed by atoms with Crippen molar-refractivity contribution in [3.8, 4) is 6.07 Å². The molecular weight excluding hydrogens is 214 g/mol. The van der Waals surface area contributed by atoms with Crippen LogP contribution in [0.15, 0.2) is 12.3 Å². The lowest BCUT2D eigenvalue weighted by Crippen LogP contribution is -2.35. The maximum absolute atomic E-state index is 8.98. The molecule has 1 saturated carbocycles. The Balaban J connectivity index is 2.10. The number of rotatable bonds is 4. The van der Waals surface area contributed by atoms with Gasteiger partial charge in [0.25, 0.3) is 0 Å². The molecule has 1 aliphatic rings. The average molecular weight is 231 g/mol. The molecule has 1 aromatic heterocycles. The van der Waals surface area contributed by atoms with Gasteiger partial charge in [0, 0.05) is 12.6 Å². The van der Waals surface area contributed by atoms with Gasteiger partial charge in [-0.1, -0.05) is 12.8 Å². The molecule has 5 nitrogen and oxygen atoms in total. The third-order valence-corrected chi connectivity index (χ3v) is 3.39. The molecule has 1 aliphatic carbocycles. The summed E-state index contributed by atoms with van der Waals surface area (Å²) >= 11 is 0. The van der Waals surface area contributed by atoms with Crippen LogP contribution in [0.25, 0.3) is 0 Å². The summed E-state index contributed by atoms with van der Waals surface area (Å²) in [6.45, 7) is 0.562. The van der Waals surface area contributed by atoms with Crippen molar-refractivity contribution in [2.75, 3.05) is 11.9 Å². The van der Waals surface area contributed by atoms with Gasteiger partial charge >= 0.3 is 0 Å². The van der Waals surface area contributed by atoms with Crippen LogP contribution < -0.4 is 11.1 Å².